The van der Waals surface area contributed by atoms with E-state index in [4.69, 9.17) is 4.74 Å². The van der Waals surface area contributed by atoms with Crippen LogP contribution in [0.4, 0.5) is 4.79 Å². The summed E-state index contributed by atoms with van der Waals surface area (Å²) < 4.78 is 7.40. The van der Waals surface area contributed by atoms with Gasteiger partial charge in [0.05, 0.1) is 5.52 Å². The number of unbranched alkanes of at least 4 members (excludes halogenated alkanes) is 1. The van der Waals surface area contributed by atoms with Crippen LogP contribution >= 0.6 is 15.9 Å². The van der Waals surface area contributed by atoms with Gasteiger partial charge >= 0.3 is 6.09 Å². The number of rotatable bonds is 6. The number of benzene rings is 1. The Morgan fingerprint density at radius 3 is 2.54 bits per heavy atom. The molecular formula is C20H25BrN2O5. The van der Waals surface area contributed by atoms with Gasteiger partial charge in [0.2, 0.25) is 0 Å². The number of aryl methyl sites for hydroxylation is 1. The zero-order chi connectivity index (χ0) is 21.1. The highest BCUT2D eigenvalue weighted by molar-refractivity contribution is 9.10. The lowest BCUT2D eigenvalue weighted by atomic mass is 10.1. The van der Waals surface area contributed by atoms with E-state index in [1.54, 1.807) is 39.0 Å². The minimum absolute atomic E-state index is 0.211. The largest absolute Gasteiger partial charge is 0.506 e. The number of pyridine rings is 1. The molecule has 1 amide bonds. The third-order valence-electron chi connectivity index (χ3n) is 4.03. The first-order valence-electron chi connectivity index (χ1n) is 9.04. The monoisotopic (exact) mass is 452 g/mol. The van der Waals surface area contributed by atoms with Crippen LogP contribution < -0.4 is 10.9 Å². The predicted octanol–water partition coefficient (Wildman–Crippen LogP) is 3.98. The number of carbonyl (C=O) groups excluding carboxylic acids is 2. The van der Waals surface area contributed by atoms with Gasteiger partial charge in [-0.2, -0.15) is 0 Å². The Kier molecular flexibility index (Phi) is 6.87. The average molecular weight is 453 g/mol. The summed E-state index contributed by atoms with van der Waals surface area (Å²) in [6.07, 6.45) is 0.742. The van der Waals surface area contributed by atoms with Crippen LogP contribution in [0.15, 0.2) is 27.5 Å². The number of alkyl carbamates (subject to hydrolysis) is 1. The zero-order valence-electron chi connectivity index (χ0n) is 16.5. The number of halogens is 1. The topological polar surface area (TPSA) is 97.6 Å². The number of nitrogens with zero attached hydrogens (tertiary/aromatic N) is 1. The van der Waals surface area contributed by atoms with Crippen molar-refractivity contribution >= 4 is 38.7 Å². The number of ether oxygens (including phenoxy) is 1. The number of amides is 1. The van der Waals surface area contributed by atoms with Crippen molar-refractivity contribution in [2.45, 2.75) is 52.7 Å². The number of ketones is 1. The summed E-state index contributed by atoms with van der Waals surface area (Å²) in [7, 11) is 0. The Bertz CT molecular complexity index is 960. The van der Waals surface area contributed by atoms with E-state index >= 15 is 0 Å². The predicted molar refractivity (Wildman–Crippen MR) is 111 cm³/mol. The van der Waals surface area contributed by atoms with E-state index in [1.807, 2.05) is 0 Å². The second-order valence-corrected chi connectivity index (χ2v) is 8.45. The number of aromatic hydroxyl groups is 1. The number of carbonyl (C=O) groups is 2. The Hall–Kier alpha value is -2.35. The van der Waals surface area contributed by atoms with Gasteiger partial charge in [-0.05, 0) is 58.7 Å². The highest BCUT2D eigenvalue weighted by Crippen LogP contribution is 2.29. The Morgan fingerprint density at radius 2 is 1.93 bits per heavy atom. The summed E-state index contributed by atoms with van der Waals surface area (Å²) in [5.41, 5.74) is -0.729. The molecule has 0 saturated heterocycles. The molecule has 7 nitrogen and oxygen atoms in total. The van der Waals surface area contributed by atoms with Crippen molar-refractivity contribution < 1.29 is 19.4 Å². The second-order valence-electron chi connectivity index (χ2n) is 7.53. The van der Waals surface area contributed by atoms with Crippen molar-refractivity contribution in [1.82, 2.24) is 9.88 Å². The quantitative estimate of drug-likeness (QED) is 0.510. The highest BCUT2D eigenvalue weighted by atomic mass is 79.9. The van der Waals surface area contributed by atoms with Crippen LogP contribution in [0.25, 0.3) is 10.9 Å². The lowest BCUT2D eigenvalue weighted by molar-refractivity contribution is 0.0526. The van der Waals surface area contributed by atoms with Crippen LogP contribution in [0, 0.1) is 0 Å². The number of hydrogen-bond acceptors (Lipinski definition) is 5. The van der Waals surface area contributed by atoms with Gasteiger partial charge in [-0.15, -0.1) is 0 Å². The zero-order valence-corrected chi connectivity index (χ0v) is 18.1. The molecule has 0 aliphatic carbocycles. The Balaban J connectivity index is 2.15. The molecule has 0 atom stereocenters. The molecule has 0 aliphatic heterocycles. The van der Waals surface area contributed by atoms with E-state index in [9.17, 15) is 19.5 Å². The summed E-state index contributed by atoms with van der Waals surface area (Å²) in [5.74, 6) is -0.777. The van der Waals surface area contributed by atoms with Crippen LogP contribution in [0.5, 0.6) is 5.75 Å². The normalized spacial score (nSPS) is 11.5. The van der Waals surface area contributed by atoms with Crippen LogP contribution in [0.3, 0.4) is 0 Å². The summed E-state index contributed by atoms with van der Waals surface area (Å²) >= 11 is 3.34. The molecule has 1 aromatic heterocycles. The molecule has 2 rings (SSSR count). The van der Waals surface area contributed by atoms with Gasteiger partial charge in [0.25, 0.3) is 5.56 Å². The van der Waals surface area contributed by atoms with Crippen LogP contribution in [0.1, 0.15) is 50.9 Å². The van der Waals surface area contributed by atoms with Crippen LogP contribution in [-0.2, 0) is 11.3 Å². The fraction of sp³-hybridized carbons (Fsp3) is 0.450. The minimum atomic E-state index is -0.556. The van der Waals surface area contributed by atoms with Crippen LogP contribution in [0.2, 0.25) is 0 Å². The van der Waals surface area contributed by atoms with Crippen molar-refractivity contribution in [3.63, 3.8) is 0 Å². The SMILES string of the molecule is CC(=O)c1c(O)c2cc(Br)ccc2n(CCCCNC(=O)OC(C)(C)C)c1=O. The van der Waals surface area contributed by atoms with Gasteiger partial charge in [0.1, 0.15) is 16.9 Å². The van der Waals surface area contributed by atoms with Crippen molar-refractivity contribution in [2.75, 3.05) is 6.54 Å². The fourth-order valence-electron chi connectivity index (χ4n) is 2.85. The first-order valence-corrected chi connectivity index (χ1v) is 9.83. The van der Waals surface area contributed by atoms with Crippen molar-refractivity contribution in [1.29, 1.82) is 0 Å². The highest BCUT2D eigenvalue weighted by Gasteiger charge is 2.20. The molecule has 2 aromatic rings. The number of Topliss-reactive ketones (excluding diaryl/α,β-unsaturated/α-hetero) is 1. The van der Waals surface area contributed by atoms with Gasteiger partial charge in [-0.3, -0.25) is 9.59 Å². The van der Waals surface area contributed by atoms with E-state index in [0.717, 1.165) is 4.47 Å². The maximum Gasteiger partial charge on any atom is 0.407 e. The Labute approximate surface area is 171 Å². The summed E-state index contributed by atoms with van der Waals surface area (Å²) in [6.45, 7) is 7.40. The summed E-state index contributed by atoms with van der Waals surface area (Å²) in [4.78, 5) is 36.3. The van der Waals surface area contributed by atoms with E-state index in [2.05, 4.69) is 21.2 Å². The van der Waals surface area contributed by atoms with Gasteiger partial charge in [0, 0.05) is 22.9 Å². The van der Waals surface area contributed by atoms with E-state index in [1.165, 1.54) is 11.5 Å². The molecule has 0 bridgehead atoms. The van der Waals surface area contributed by atoms with Gasteiger partial charge < -0.3 is 19.7 Å². The summed E-state index contributed by atoms with van der Waals surface area (Å²) in [5, 5.41) is 13.5. The lowest BCUT2D eigenvalue weighted by Crippen LogP contribution is -2.33. The standard InChI is InChI=1S/C20H25BrN2O5/c1-12(24)16-17(25)14-11-13(21)7-8-15(14)23(18(16)26)10-6-5-9-22-19(27)28-20(2,3)4/h7-8,11,25H,5-6,9-10H2,1-4H3,(H,22,27). The lowest BCUT2D eigenvalue weighted by Gasteiger charge is -2.19. The molecule has 0 fully saturated rings. The summed E-state index contributed by atoms with van der Waals surface area (Å²) in [6, 6.07) is 5.18. The molecule has 0 spiro atoms. The molecule has 0 radical (unpaired) electrons. The van der Waals surface area contributed by atoms with Gasteiger partial charge in [-0.1, -0.05) is 15.9 Å². The van der Waals surface area contributed by atoms with E-state index in [0.29, 0.717) is 36.8 Å². The minimum Gasteiger partial charge on any atom is -0.506 e. The number of hydrogen-bond donors (Lipinski definition) is 2. The first kappa shape index (κ1) is 21.9. The van der Waals surface area contributed by atoms with E-state index < -0.39 is 23.0 Å². The number of fused-ring (bicyclic) bond motifs is 1. The maximum absolute atomic E-state index is 12.7. The second kappa shape index (κ2) is 8.77. The molecule has 1 heterocycles. The molecular weight excluding hydrogens is 428 g/mol. The van der Waals surface area contributed by atoms with Crippen molar-refractivity contribution in [2.24, 2.45) is 0 Å². The molecule has 0 unspecified atom stereocenters. The number of aromatic nitrogens is 1. The van der Waals surface area contributed by atoms with Gasteiger partial charge in [0.15, 0.2) is 5.78 Å². The van der Waals surface area contributed by atoms with Crippen molar-refractivity contribution in [3.05, 3.63) is 38.6 Å². The Morgan fingerprint density at radius 1 is 1.25 bits per heavy atom. The maximum atomic E-state index is 12.7. The van der Waals surface area contributed by atoms with Gasteiger partial charge in [-0.25, -0.2) is 4.79 Å². The first-order chi connectivity index (χ1) is 13.0. The van der Waals surface area contributed by atoms with Crippen molar-refractivity contribution in [3.8, 4) is 5.75 Å². The smallest absolute Gasteiger partial charge is 0.407 e. The van der Waals surface area contributed by atoms with Crippen LogP contribution in [-0.4, -0.2) is 33.7 Å². The molecule has 0 aliphatic rings. The molecule has 1 aromatic carbocycles. The van der Waals surface area contributed by atoms with E-state index in [-0.39, 0.29) is 11.3 Å². The third kappa shape index (κ3) is 5.34. The molecule has 28 heavy (non-hydrogen) atoms. The molecule has 0 saturated carbocycles. The average Bonchev–Trinajstić information content (AvgIpc) is 2.55. The molecule has 8 heteroatoms. The molecule has 2 N–H and O–H groups in total. The fourth-order valence-corrected chi connectivity index (χ4v) is 3.21. The molecule has 152 valence electrons. The number of nitrogens with one attached hydrogen (secondary N) is 1. The third-order valence-corrected chi connectivity index (χ3v) is 4.52.